The molecule has 0 amide bonds. The van der Waals surface area contributed by atoms with E-state index in [2.05, 4.69) is 38.1 Å². The van der Waals surface area contributed by atoms with Crippen molar-refractivity contribution < 1.29 is 5.11 Å². The molecule has 0 unspecified atom stereocenters. The zero-order chi connectivity index (χ0) is 12.2. The second-order valence-corrected chi connectivity index (χ2v) is 5.52. The van der Waals surface area contributed by atoms with Crippen molar-refractivity contribution in [2.24, 2.45) is 0 Å². The molecular weight excluding hydrogens is 196 g/mol. The maximum Gasteiger partial charge on any atom is 0.0591 e. The second kappa shape index (κ2) is 5.49. The van der Waals surface area contributed by atoms with Crippen molar-refractivity contribution in [3.05, 3.63) is 35.4 Å². The van der Waals surface area contributed by atoms with Crippen LogP contribution in [0.4, 0.5) is 0 Å². The monoisotopic (exact) mass is 220 g/mol. The van der Waals surface area contributed by atoms with Gasteiger partial charge in [-0.25, -0.2) is 0 Å². The predicted octanol–water partition coefficient (Wildman–Crippen LogP) is 4.04. The van der Waals surface area contributed by atoms with Crippen molar-refractivity contribution in [1.29, 1.82) is 0 Å². The Balaban J connectivity index is 2.41. The molecule has 1 heteroatoms. The van der Waals surface area contributed by atoms with Gasteiger partial charge in [-0.3, -0.25) is 0 Å². The van der Waals surface area contributed by atoms with Gasteiger partial charge in [0.25, 0.3) is 0 Å². The summed E-state index contributed by atoms with van der Waals surface area (Å²) in [5, 5.41) is 9.64. The minimum atomic E-state index is -0.521. The first-order chi connectivity index (χ1) is 7.38. The quantitative estimate of drug-likeness (QED) is 0.794. The van der Waals surface area contributed by atoms with Crippen LogP contribution in [0.2, 0.25) is 0 Å². The van der Waals surface area contributed by atoms with Crippen LogP contribution >= 0.6 is 0 Å². The van der Waals surface area contributed by atoms with E-state index in [1.54, 1.807) is 0 Å². The normalized spacial score (nSPS) is 13.8. The maximum atomic E-state index is 9.64. The van der Waals surface area contributed by atoms with E-state index < -0.39 is 5.60 Å². The second-order valence-electron chi connectivity index (χ2n) is 5.52. The molecule has 16 heavy (non-hydrogen) atoms. The van der Waals surface area contributed by atoms with Crippen LogP contribution in [0.1, 0.15) is 57.1 Å². The van der Waals surface area contributed by atoms with Crippen molar-refractivity contribution in [3.63, 3.8) is 0 Å². The van der Waals surface area contributed by atoms with Crippen molar-refractivity contribution in [1.82, 2.24) is 0 Å². The summed E-state index contributed by atoms with van der Waals surface area (Å²) in [5.41, 5.74) is 2.20. The number of aliphatic hydroxyl groups is 1. The zero-order valence-corrected chi connectivity index (χ0v) is 11.0. The number of hydrogen-bond acceptors (Lipinski definition) is 1. The third-order valence-electron chi connectivity index (χ3n) is 3.07. The summed E-state index contributed by atoms with van der Waals surface area (Å²) in [6.45, 7) is 8.13. The van der Waals surface area contributed by atoms with Gasteiger partial charge in [0.15, 0.2) is 0 Å². The average molecular weight is 220 g/mol. The molecule has 1 aromatic rings. The predicted molar refractivity (Wildman–Crippen MR) is 69.7 cm³/mol. The third-order valence-corrected chi connectivity index (χ3v) is 3.07. The van der Waals surface area contributed by atoms with Crippen LogP contribution in [0.15, 0.2) is 24.3 Å². The van der Waals surface area contributed by atoms with Gasteiger partial charge in [-0.1, -0.05) is 43.2 Å². The summed E-state index contributed by atoms with van der Waals surface area (Å²) in [6, 6.07) is 8.76. The molecule has 0 aromatic heterocycles. The molecule has 90 valence electrons. The SMILES string of the molecule is Cc1ccc([C@@H](C)CCCC(C)(C)O)cc1. The zero-order valence-electron chi connectivity index (χ0n) is 11.0. The number of rotatable bonds is 5. The highest BCUT2D eigenvalue weighted by Gasteiger charge is 2.13. The lowest BCUT2D eigenvalue weighted by atomic mass is 9.92. The molecule has 1 N–H and O–H groups in total. The lowest BCUT2D eigenvalue weighted by Crippen LogP contribution is -2.18. The molecule has 0 saturated heterocycles. The molecule has 1 atom stereocenters. The average Bonchev–Trinajstić information content (AvgIpc) is 2.16. The molecule has 0 aliphatic rings. The van der Waals surface area contributed by atoms with Crippen LogP contribution in [0, 0.1) is 6.92 Å². The minimum Gasteiger partial charge on any atom is -0.390 e. The van der Waals surface area contributed by atoms with Gasteiger partial charge in [0, 0.05) is 0 Å². The molecule has 1 nitrogen and oxygen atoms in total. The van der Waals surface area contributed by atoms with Crippen molar-refractivity contribution in [2.45, 2.75) is 58.5 Å². The van der Waals surface area contributed by atoms with Crippen LogP contribution in [0.25, 0.3) is 0 Å². The van der Waals surface area contributed by atoms with Gasteiger partial charge in [-0.05, 0) is 45.1 Å². The van der Waals surface area contributed by atoms with Crippen molar-refractivity contribution in [2.75, 3.05) is 0 Å². The molecule has 1 rings (SSSR count). The highest BCUT2D eigenvalue weighted by molar-refractivity contribution is 5.23. The Kier molecular flexibility index (Phi) is 4.55. The standard InChI is InChI=1S/C15H24O/c1-12-7-9-14(10-8-12)13(2)6-5-11-15(3,4)16/h7-10,13,16H,5-6,11H2,1-4H3/t13-/m0/s1. The van der Waals surface area contributed by atoms with Gasteiger partial charge >= 0.3 is 0 Å². The molecule has 0 aliphatic carbocycles. The summed E-state index contributed by atoms with van der Waals surface area (Å²) < 4.78 is 0. The Morgan fingerprint density at radius 2 is 1.75 bits per heavy atom. The summed E-state index contributed by atoms with van der Waals surface area (Å²) in [6.07, 6.45) is 3.11. The van der Waals surface area contributed by atoms with E-state index in [9.17, 15) is 5.11 Å². The molecule has 0 spiro atoms. The Labute approximate surface area is 99.5 Å². The highest BCUT2D eigenvalue weighted by Crippen LogP contribution is 2.23. The van der Waals surface area contributed by atoms with E-state index >= 15 is 0 Å². The molecular formula is C15H24O. The smallest absolute Gasteiger partial charge is 0.0591 e. The number of hydrogen-bond donors (Lipinski definition) is 1. The molecule has 0 bridgehead atoms. The Morgan fingerprint density at radius 3 is 2.25 bits per heavy atom. The maximum absolute atomic E-state index is 9.64. The van der Waals surface area contributed by atoms with Gasteiger partial charge in [-0.15, -0.1) is 0 Å². The first-order valence-electron chi connectivity index (χ1n) is 6.17. The molecule has 0 aliphatic heterocycles. The molecule has 0 heterocycles. The van der Waals surface area contributed by atoms with E-state index in [1.165, 1.54) is 11.1 Å². The number of aryl methyl sites for hydroxylation is 1. The fourth-order valence-electron chi connectivity index (χ4n) is 1.90. The first kappa shape index (κ1) is 13.2. The largest absolute Gasteiger partial charge is 0.390 e. The van der Waals surface area contributed by atoms with Crippen LogP contribution in [-0.4, -0.2) is 10.7 Å². The summed E-state index contributed by atoms with van der Waals surface area (Å²) in [7, 11) is 0. The highest BCUT2D eigenvalue weighted by atomic mass is 16.3. The van der Waals surface area contributed by atoms with Gasteiger partial charge in [0.2, 0.25) is 0 Å². The Hall–Kier alpha value is -0.820. The molecule has 0 radical (unpaired) electrons. The molecule has 0 fully saturated rings. The van der Waals surface area contributed by atoms with Crippen LogP contribution < -0.4 is 0 Å². The topological polar surface area (TPSA) is 20.2 Å². The lowest BCUT2D eigenvalue weighted by Gasteiger charge is -2.18. The van der Waals surface area contributed by atoms with E-state index in [4.69, 9.17) is 0 Å². The molecule has 0 saturated carbocycles. The van der Waals surface area contributed by atoms with E-state index in [0.29, 0.717) is 5.92 Å². The lowest BCUT2D eigenvalue weighted by molar-refractivity contribution is 0.0678. The van der Waals surface area contributed by atoms with Crippen molar-refractivity contribution in [3.8, 4) is 0 Å². The van der Waals surface area contributed by atoms with Gasteiger partial charge in [0.05, 0.1) is 5.60 Å². The summed E-state index contributed by atoms with van der Waals surface area (Å²) >= 11 is 0. The van der Waals surface area contributed by atoms with E-state index in [0.717, 1.165) is 19.3 Å². The van der Waals surface area contributed by atoms with Crippen LogP contribution in [0.5, 0.6) is 0 Å². The van der Waals surface area contributed by atoms with Crippen molar-refractivity contribution >= 4 is 0 Å². The first-order valence-corrected chi connectivity index (χ1v) is 6.17. The fraction of sp³-hybridized carbons (Fsp3) is 0.600. The molecule has 1 aromatic carbocycles. The van der Waals surface area contributed by atoms with E-state index in [-0.39, 0.29) is 0 Å². The van der Waals surface area contributed by atoms with Gasteiger partial charge < -0.3 is 5.11 Å². The van der Waals surface area contributed by atoms with Gasteiger partial charge in [0.1, 0.15) is 0 Å². The number of benzene rings is 1. The summed E-state index contributed by atoms with van der Waals surface area (Å²) in [5.74, 6) is 0.586. The van der Waals surface area contributed by atoms with Gasteiger partial charge in [-0.2, -0.15) is 0 Å². The van der Waals surface area contributed by atoms with E-state index in [1.807, 2.05) is 13.8 Å². The minimum absolute atomic E-state index is 0.521. The Morgan fingerprint density at radius 1 is 1.19 bits per heavy atom. The van der Waals surface area contributed by atoms with Crippen LogP contribution in [-0.2, 0) is 0 Å². The Bertz CT molecular complexity index is 305. The van der Waals surface area contributed by atoms with Crippen LogP contribution in [0.3, 0.4) is 0 Å². The third kappa shape index (κ3) is 4.80. The summed E-state index contributed by atoms with van der Waals surface area (Å²) in [4.78, 5) is 0. The fourth-order valence-corrected chi connectivity index (χ4v) is 1.90.